The molecule has 0 saturated heterocycles. The van der Waals surface area contributed by atoms with Crippen LogP contribution in [0, 0.1) is 6.92 Å². The molecule has 0 bridgehead atoms. The molecule has 1 amide bonds. The fraction of sp³-hybridized carbons (Fsp3) is 0.286. The Morgan fingerprint density at radius 2 is 1.83 bits per heavy atom. The standard InChI is InChI=1S/C21H22N2O5S2/c1-5-27-14-9-7-13(8-10-14)15-11-29-19(16(15)20(25)28-6-2)22-18(24)17-12(3)23(4)21(26)30-17/h7-11H,5-6H2,1-4H3,(H,22,24). The number of thiophene rings is 1. The number of esters is 1. The summed E-state index contributed by atoms with van der Waals surface area (Å²) in [6.07, 6.45) is 0. The zero-order valence-electron chi connectivity index (χ0n) is 17.1. The molecule has 0 radical (unpaired) electrons. The van der Waals surface area contributed by atoms with E-state index in [-0.39, 0.29) is 11.5 Å². The number of rotatable bonds is 7. The summed E-state index contributed by atoms with van der Waals surface area (Å²) in [7, 11) is 1.62. The van der Waals surface area contributed by atoms with Crippen molar-refractivity contribution in [3.8, 4) is 16.9 Å². The van der Waals surface area contributed by atoms with Crippen LogP contribution in [0.25, 0.3) is 11.1 Å². The summed E-state index contributed by atoms with van der Waals surface area (Å²) >= 11 is 2.11. The van der Waals surface area contributed by atoms with Gasteiger partial charge in [0.1, 0.15) is 21.2 Å². The van der Waals surface area contributed by atoms with Crippen molar-refractivity contribution in [3.63, 3.8) is 0 Å². The molecule has 3 rings (SSSR count). The molecule has 3 aromatic rings. The number of anilines is 1. The molecule has 0 atom stereocenters. The average molecular weight is 447 g/mol. The highest BCUT2D eigenvalue weighted by molar-refractivity contribution is 7.15. The Bertz CT molecular complexity index is 1130. The van der Waals surface area contributed by atoms with Crippen molar-refractivity contribution in [2.45, 2.75) is 20.8 Å². The second-order valence-electron chi connectivity index (χ2n) is 6.33. The number of thiazole rings is 1. The third-order valence-electron chi connectivity index (χ3n) is 4.48. The number of amides is 1. The zero-order chi connectivity index (χ0) is 21.8. The largest absolute Gasteiger partial charge is 0.494 e. The minimum Gasteiger partial charge on any atom is -0.494 e. The van der Waals surface area contributed by atoms with Gasteiger partial charge in [-0.1, -0.05) is 23.5 Å². The Balaban J connectivity index is 1.98. The first-order valence-electron chi connectivity index (χ1n) is 9.36. The van der Waals surface area contributed by atoms with E-state index in [4.69, 9.17) is 9.47 Å². The van der Waals surface area contributed by atoms with E-state index in [2.05, 4.69) is 5.32 Å². The van der Waals surface area contributed by atoms with Crippen LogP contribution in [0.3, 0.4) is 0 Å². The quantitative estimate of drug-likeness (QED) is 0.547. The van der Waals surface area contributed by atoms with Crippen molar-refractivity contribution in [2.75, 3.05) is 18.5 Å². The van der Waals surface area contributed by atoms with Crippen molar-refractivity contribution < 1.29 is 19.1 Å². The molecule has 0 unspecified atom stereocenters. The summed E-state index contributed by atoms with van der Waals surface area (Å²) < 4.78 is 12.1. The van der Waals surface area contributed by atoms with E-state index in [9.17, 15) is 14.4 Å². The number of hydrogen-bond donors (Lipinski definition) is 1. The molecule has 9 heteroatoms. The number of carbonyl (C=O) groups is 2. The third-order valence-corrected chi connectivity index (χ3v) is 6.50. The van der Waals surface area contributed by atoms with Crippen molar-refractivity contribution in [1.29, 1.82) is 0 Å². The lowest BCUT2D eigenvalue weighted by molar-refractivity contribution is 0.0529. The van der Waals surface area contributed by atoms with Crippen molar-refractivity contribution in [1.82, 2.24) is 4.57 Å². The predicted molar refractivity (Wildman–Crippen MR) is 119 cm³/mol. The molecule has 2 heterocycles. The molecule has 0 aliphatic carbocycles. The van der Waals surface area contributed by atoms with Gasteiger partial charge in [0.15, 0.2) is 0 Å². The Labute approximate surface area is 181 Å². The van der Waals surface area contributed by atoms with E-state index in [0.717, 1.165) is 22.6 Å². The smallest absolute Gasteiger partial charge is 0.341 e. The van der Waals surface area contributed by atoms with Crippen molar-refractivity contribution >= 4 is 39.6 Å². The van der Waals surface area contributed by atoms with Gasteiger partial charge in [0.05, 0.1) is 13.2 Å². The molecule has 30 heavy (non-hydrogen) atoms. The van der Waals surface area contributed by atoms with Crippen LogP contribution in [-0.2, 0) is 11.8 Å². The van der Waals surface area contributed by atoms with Gasteiger partial charge < -0.3 is 19.4 Å². The van der Waals surface area contributed by atoms with Gasteiger partial charge in [0.2, 0.25) is 0 Å². The molecule has 0 spiro atoms. The van der Waals surface area contributed by atoms with Crippen LogP contribution in [0.1, 0.15) is 39.6 Å². The molecule has 1 aromatic carbocycles. The van der Waals surface area contributed by atoms with Gasteiger partial charge in [-0.15, -0.1) is 11.3 Å². The first kappa shape index (κ1) is 21.8. The number of hydrogen-bond acceptors (Lipinski definition) is 7. The van der Waals surface area contributed by atoms with Gasteiger partial charge in [-0.25, -0.2) is 4.79 Å². The number of carbonyl (C=O) groups excluding carboxylic acids is 2. The second kappa shape index (κ2) is 9.27. The Morgan fingerprint density at radius 3 is 2.40 bits per heavy atom. The van der Waals surface area contributed by atoms with Crippen molar-refractivity contribution in [3.05, 3.63) is 55.4 Å². The lowest BCUT2D eigenvalue weighted by Gasteiger charge is -2.09. The van der Waals surface area contributed by atoms with Crippen LogP contribution in [0.4, 0.5) is 5.00 Å². The number of nitrogens with zero attached hydrogens (tertiary/aromatic N) is 1. The van der Waals surface area contributed by atoms with E-state index in [0.29, 0.717) is 33.3 Å². The van der Waals surface area contributed by atoms with Gasteiger partial charge in [0, 0.05) is 23.7 Å². The lowest BCUT2D eigenvalue weighted by atomic mass is 10.0. The monoisotopic (exact) mass is 446 g/mol. The van der Waals surface area contributed by atoms with E-state index in [1.807, 2.05) is 31.2 Å². The highest BCUT2D eigenvalue weighted by Gasteiger charge is 2.24. The molecule has 0 aliphatic heterocycles. The Kier molecular flexibility index (Phi) is 6.73. The van der Waals surface area contributed by atoms with Gasteiger partial charge in [-0.05, 0) is 38.5 Å². The van der Waals surface area contributed by atoms with Crippen molar-refractivity contribution in [2.24, 2.45) is 7.05 Å². The Morgan fingerprint density at radius 1 is 1.13 bits per heavy atom. The zero-order valence-corrected chi connectivity index (χ0v) is 18.7. The fourth-order valence-corrected chi connectivity index (χ4v) is 4.68. The predicted octanol–water partition coefficient (Wildman–Crippen LogP) is 4.31. The van der Waals surface area contributed by atoms with E-state index in [1.54, 1.807) is 26.3 Å². The van der Waals surface area contributed by atoms with Crippen LogP contribution in [0.15, 0.2) is 34.4 Å². The summed E-state index contributed by atoms with van der Waals surface area (Å²) in [5, 5.41) is 4.96. The highest BCUT2D eigenvalue weighted by atomic mass is 32.1. The number of benzene rings is 1. The van der Waals surface area contributed by atoms with E-state index < -0.39 is 11.9 Å². The molecular formula is C21H22N2O5S2. The third kappa shape index (κ3) is 4.31. The van der Waals surface area contributed by atoms with Gasteiger partial charge >= 0.3 is 10.8 Å². The summed E-state index contributed by atoms with van der Waals surface area (Å²) in [6, 6.07) is 7.37. The summed E-state index contributed by atoms with van der Waals surface area (Å²) in [5.41, 5.74) is 2.33. The topological polar surface area (TPSA) is 86.6 Å². The van der Waals surface area contributed by atoms with Gasteiger partial charge in [0.25, 0.3) is 5.91 Å². The molecule has 0 aliphatic rings. The Hall–Kier alpha value is -2.91. The molecule has 7 nitrogen and oxygen atoms in total. The van der Waals surface area contributed by atoms with E-state index >= 15 is 0 Å². The maximum Gasteiger partial charge on any atom is 0.341 e. The fourth-order valence-electron chi connectivity index (χ4n) is 2.86. The SMILES string of the molecule is CCOC(=O)c1c(-c2ccc(OCC)cc2)csc1NC(=O)c1sc(=O)n(C)c1C. The molecular weight excluding hydrogens is 424 g/mol. The highest BCUT2D eigenvalue weighted by Crippen LogP contribution is 2.37. The number of nitrogens with one attached hydrogen (secondary N) is 1. The van der Waals surface area contributed by atoms with Crippen LogP contribution >= 0.6 is 22.7 Å². The first-order chi connectivity index (χ1) is 14.4. The molecule has 2 aromatic heterocycles. The minimum atomic E-state index is -0.518. The normalized spacial score (nSPS) is 10.7. The van der Waals surface area contributed by atoms with Gasteiger partial charge in [-0.2, -0.15) is 0 Å². The van der Waals surface area contributed by atoms with Gasteiger partial charge in [-0.3, -0.25) is 9.59 Å². The summed E-state index contributed by atoms with van der Waals surface area (Å²) in [4.78, 5) is 37.4. The number of ether oxygens (including phenoxy) is 2. The first-order valence-corrected chi connectivity index (χ1v) is 11.1. The molecule has 158 valence electrons. The molecule has 1 N–H and O–H groups in total. The molecule has 0 saturated carbocycles. The van der Waals surface area contributed by atoms with E-state index in [1.165, 1.54) is 15.9 Å². The van der Waals surface area contributed by atoms with Crippen LogP contribution in [0.5, 0.6) is 5.75 Å². The van der Waals surface area contributed by atoms with Crippen LogP contribution < -0.4 is 14.9 Å². The number of aromatic nitrogens is 1. The van der Waals surface area contributed by atoms with Crippen LogP contribution in [0.2, 0.25) is 0 Å². The lowest BCUT2D eigenvalue weighted by Crippen LogP contribution is -2.15. The summed E-state index contributed by atoms with van der Waals surface area (Å²) in [6.45, 7) is 6.12. The minimum absolute atomic E-state index is 0.212. The molecule has 0 fully saturated rings. The maximum absolute atomic E-state index is 12.8. The van der Waals surface area contributed by atoms with Crippen LogP contribution in [-0.4, -0.2) is 29.7 Å². The average Bonchev–Trinajstić information content (AvgIpc) is 3.25. The second-order valence-corrected chi connectivity index (χ2v) is 8.17. The summed E-state index contributed by atoms with van der Waals surface area (Å²) in [5.74, 6) is -0.214. The maximum atomic E-state index is 12.8.